The van der Waals surface area contributed by atoms with Crippen LogP contribution in [0, 0.1) is 0 Å². The lowest BCUT2D eigenvalue weighted by Gasteiger charge is -2.19. The number of rotatable bonds is 4. The van der Waals surface area contributed by atoms with Gasteiger partial charge in [-0.25, -0.2) is 4.98 Å². The molecule has 3 rings (SSSR count). The van der Waals surface area contributed by atoms with Crippen molar-refractivity contribution in [1.82, 2.24) is 9.55 Å². The lowest BCUT2D eigenvalue weighted by molar-refractivity contribution is 0.0970. The topological polar surface area (TPSA) is 52.0 Å². The summed E-state index contributed by atoms with van der Waals surface area (Å²) in [5.41, 5.74) is 1.68. The second kappa shape index (κ2) is 6.56. The molecule has 0 spiro atoms. The Balaban J connectivity index is 1.87. The number of hydrogen-bond acceptors (Lipinski definition) is 4. The van der Waals surface area contributed by atoms with E-state index in [0.717, 1.165) is 16.1 Å². The van der Waals surface area contributed by atoms with Gasteiger partial charge in [-0.15, -0.1) is 11.3 Å². The summed E-state index contributed by atoms with van der Waals surface area (Å²) in [6.07, 6.45) is 2.35. The standard InChI is InChI=1S/C20H22N2O2S/c1-5-15-10-16-18(25-15)21-12-22(19(16)24)11-17(23)13-6-8-14(9-7-13)20(2,3)4/h6-10,12H,5,11H2,1-4H3. The third kappa shape index (κ3) is 3.56. The van der Waals surface area contributed by atoms with E-state index in [1.54, 1.807) is 0 Å². The van der Waals surface area contributed by atoms with Crippen LogP contribution in [0.1, 0.15) is 48.5 Å². The monoisotopic (exact) mass is 354 g/mol. The first-order chi connectivity index (χ1) is 11.8. The number of ketones is 1. The molecule has 0 unspecified atom stereocenters. The average Bonchev–Trinajstić information content (AvgIpc) is 3.01. The molecule has 0 saturated heterocycles. The third-order valence-corrected chi connectivity index (χ3v) is 5.49. The van der Waals surface area contributed by atoms with Gasteiger partial charge in [-0.1, -0.05) is 52.0 Å². The van der Waals surface area contributed by atoms with Gasteiger partial charge >= 0.3 is 0 Å². The van der Waals surface area contributed by atoms with E-state index in [-0.39, 0.29) is 23.3 Å². The number of carbonyl (C=O) groups excluding carboxylic acids is 1. The van der Waals surface area contributed by atoms with Crippen LogP contribution in [-0.4, -0.2) is 15.3 Å². The van der Waals surface area contributed by atoms with Crippen molar-refractivity contribution in [1.29, 1.82) is 0 Å². The fraction of sp³-hybridized carbons (Fsp3) is 0.350. The minimum absolute atomic E-state index is 0.00788. The van der Waals surface area contributed by atoms with Gasteiger partial charge in [0.15, 0.2) is 5.78 Å². The average molecular weight is 354 g/mol. The third-order valence-electron chi connectivity index (χ3n) is 4.30. The molecule has 5 heteroatoms. The van der Waals surface area contributed by atoms with Gasteiger partial charge in [0.2, 0.25) is 0 Å². The van der Waals surface area contributed by atoms with Crippen molar-refractivity contribution in [3.05, 3.63) is 63.0 Å². The highest BCUT2D eigenvalue weighted by molar-refractivity contribution is 7.18. The fourth-order valence-corrected chi connectivity index (χ4v) is 3.62. The molecule has 0 bridgehead atoms. The second-order valence-electron chi connectivity index (χ2n) is 7.21. The van der Waals surface area contributed by atoms with Crippen LogP contribution in [0.15, 0.2) is 41.5 Å². The molecule has 4 nitrogen and oxygen atoms in total. The summed E-state index contributed by atoms with van der Waals surface area (Å²) < 4.78 is 1.40. The number of fused-ring (bicyclic) bond motifs is 1. The molecule has 0 saturated carbocycles. The van der Waals surface area contributed by atoms with Gasteiger partial charge in [0, 0.05) is 10.4 Å². The van der Waals surface area contributed by atoms with E-state index in [0.29, 0.717) is 10.9 Å². The Bertz CT molecular complexity index is 976. The number of carbonyl (C=O) groups is 1. The van der Waals surface area contributed by atoms with Crippen LogP contribution in [0.25, 0.3) is 10.2 Å². The molecule has 0 atom stereocenters. The number of aromatic nitrogens is 2. The Morgan fingerprint density at radius 3 is 2.48 bits per heavy atom. The molecule has 0 N–H and O–H groups in total. The Kier molecular flexibility index (Phi) is 4.60. The first-order valence-corrected chi connectivity index (χ1v) is 9.23. The van der Waals surface area contributed by atoms with E-state index < -0.39 is 0 Å². The highest BCUT2D eigenvalue weighted by Crippen LogP contribution is 2.23. The molecular weight excluding hydrogens is 332 g/mol. The van der Waals surface area contributed by atoms with E-state index in [1.165, 1.54) is 27.8 Å². The molecule has 0 aliphatic carbocycles. The van der Waals surface area contributed by atoms with Gasteiger partial charge < -0.3 is 0 Å². The van der Waals surface area contributed by atoms with Crippen molar-refractivity contribution in [2.45, 2.75) is 46.1 Å². The molecule has 0 aliphatic rings. The van der Waals surface area contributed by atoms with Crippen LogP contribution in [0.3, 0.4) is 0 Å². The molecule has 3 aromatic rings. The van der Waals surface area contributed by atoms with Gasteiger partial charge in [-0.05, 0) is 23.5 Å². The van der Waals surface area contributed by atoms with Crippen LogP contribution in [0.5, 0.6) is 0 Å². The summed E-state index contributed by atoms with van der Waals surface area (Å²) in [7, 11) is 0. The number of thiophene rings is 1. The Morgan fingerprint density at radius 2 is 1.88 bits per heavy atom. The molecule has 130 valence electrons. The predicted octanol–water partition coefficient (Wildman–Crippen LogP) is 4.20. The molecule has 0 radical (unpaired) electrons. The maximum atomic E-state index is 12.6. The zero-order chi connectivity index (χ0) is 18.2. The number of hydrogen-bond donors (Lipinski definition) is 0. The summed E-state index contributed by atoms with van der Waals surface area (Å²) in [6.45, 7) is 8.46. The lowest BCUT2D eigenvalue weighted by atomic mass is 9.86. The number of benzene rings is 1. The zero-order valence-electron chi connectivity index (χ0n) is 15.0. The maximum absolute atomic E-state index is 12.6. The first kappa shape index (κ1) is 17.5. The number of Topliss-reactive ketones (excluding diaryl/α,β-unsaturated/α-hetero) is 1. The highest BCUT2D eigenvalue weighted by atomic mass is 32.1. The smallest absolute Gasteiger partial charge is 0.262 e. The van der Waals surface area contributed by atoms with E-state index in [9.17, 15) is 9.59 Å². The zero-order valence-corrected chi connectivity index (χ0v) is 15.8. The molecule has 0 fully saturated rings. The van der Waals surface area contributed by atoms with Crippen LogP contribution < -0.4 is 5.56 Å². The van der Waals surface area contributed by atoms with Gasteiger partial charge in [0.05, 0.1) is 18.3 Å². The SMILES string of the molecule is CCc1cc2c(=O)n(CC(=O)c3ccc(C(C)(C)C)cc3)cnc2s1. The van der Waals surface area contributed by atoms with E-state index in [4.69, 9.17) is 0 Å². The van der Waals surface area contributed by atoms with E-state index in [2.05, 4.69) is 25.8 Å². The quantitative estimate of drug-likeness (QED) is 0.660. The summed E-state index contributed by atoms with van der Waals surface area (Å²) in [6, 6.07) is 9.50. The highest BCUT2D eigenvalue weighted by Gasteiger charge is 2.15. The Morgan fingerprint density at radius 1 is 1.20 bits per heavy atom. The van der Waals surface area contributed by atoms with Gasteiger partial charge in [0.25, 0.3) is 5.56 Å². The van der Waals surface area contributed by atoms with E-state index >= 15 is 0 Å². The first-order valence-electron chi connectivity index (χ1n) is 8.41. The van der Waals surface area contributed by atoms with Gasteiger partial charge in [-0.2, -0.15) is 0 Å². The van der Waals surface area contributed by atoms with Crippen molar-refractivity contribution in [3.8, 4) is 0 Å². The molecular formula is C20H22N2O2S. The minimum atomic E-state index is -0.152. The summed E-state index contributed by atoms with van der Waals surface area (Å²) in [4.78, 5) is 31.3. The summed E-state index contributed by atoms with van der Waals surface area (Å²) in [5.74, 6) is -0.0883. The Hall–Kier alpha value is -2.27. The van der Waals surface area contributed by atoms with Crippen molar-refractivity contribution >= 4 is 27.3 Å². The normalized spacial score (nSPS) is 11.8. The lowest BCUT2D eigenvalue weighted by Crippen LogP contribution is -2.24. The molecule has 0 aliphatic heterocycles. The van der Waals surface area contributed by atoms with Crippen LogP contribution in [0.2, 0.25) is 0 Å². The fourth-order valence-electron chi connectivity index (χ4n) is 2.70. The van der Waals surface area contributed by atoms with Crippen molar-refractivity contribution < 1.29 is 4.79 Å². The predicted molar refractivity (Wildman–Crippen MR) is 103 cm³/mol. The summed E-state index contributed by atoms with van der Waals surface area (Å²) in [5, 5.41) is 0.597. The maximum Gasteiger partial charge on any atom is 0.262 e. The van der Waals surface area contributed by atoms with Crippen LogP contribution in [-0.2, 0) is 18.4 Å². The minimum Gasteiger partial charge on any atom is -0.292 e. The molecule has 0 amide bonds. The van der Waals surface area contributed by atoms with Gasteiger partial charge in [0.1, 0.15) is 4.83 Å². The van der Waals surface area contributed by atoms with Crippen LogP contribution >= 0.6 is 11.3 Å². The van der Waals surface area contributed by atoms with Crippen LogP contribution in [0.4, 0.5) is 0 Å². The van der Waals surface area contributed by atoms with E-state index in [1.807, 2.05) is 37.3 Å². The Labute approximate surface area is 151 Å². The van der Waals surface area contributed by atoms with Crippen molar-refractivity contribution in [2.75, 3.05) is 0 Å². The number of nitrogens with zero attached hydrogens (tertiary/aromatic N) is 2. The van der Waals surface area contributed by atoms with Crippen molar-refractivity contribution in [2.24, 2.45) is 0 Å². The molecule has 1 aromatic carbocycles. The number of aryl methyl sites for hydroxylation is 1. The molecule has 2 aromatic heterocycles. The summed E-state index contributed by atoms with van der Waals surface area (Å²) >= 11 is 1.53. The molecule has 25 heavy (non-hydrogen) atoms. The molecule has 2 heterocycles. The van der Waals surface area contributed by atoms with Crippen molar-refractivity contribution in [3.63, 3.8) is 0 Å². The largest absolute Gasteiger partial charge is 0.292 e. The van der Waals surface area contributed by atoms with Gasteiger partial charge in [-0.3, -0.25) is 14.2 Å². The second-order valence-corrected chi connectivity index (χ2v) is 8.33.